The molecule has 1 saturated heterocycles. The van der Waals surface area contributed by atoms with E-state index in [1.165, 1.54) is 0 Å². The fourth-order valence-electron chi connectivity index (χ4n) is 2.88. The zero-order valence-corrected chi connectivity index (χ0v) is 13.6. The average Bonchev–Trinajstić information content (AvgIpc) is 2.93. The molecule has 0 aromatic heterocycles. The van der Waals surface area contributed by atoms with E-state index in [1.807, 2.05) is 31.3 Å². The van der Waals surface area contributed by atoms with E-state index in [0.29, 0.717) is 19.5 Å². The molecule has 0 saturated carbocycles. The number of hydrogen-bond acceptors (Lipinski definition) is 3. The van der Waals surface area contributed by atoms with Gasteiger partial charge in [0.25, 0.3) is 0 Å². The minimum atomic E-state index is -0.237. The van der Waals surface area contributed by atoms with E-state index in [0.717, 1.165) is 24.2 Å². The number of anilines is 1. The molecule has 0 spiro atoms. The van der Waals surface area contributed by atoms with E-state index in [4.69, 9.17) is 0 Å². The molecule has 1 aromatic carbocycles. The number of para-hydroxylation sites is 1. The first-order valence-electron chi connectivity index (χ1n) is 7.86. The predicted molar refractivity (Wildman–Crippen MR) is 87.8 cm³/mol. The summed E-state index contributed by atoms with van der Waals surface area (Å²) in [7, 11) is 3.66. The van der Waals surface area contributed by atoms with Gasteiger partial charge in [-0.05, 0) is 25.1 Å². The van der Waals surface area contributed by atoms with Crippen molar-refractivity contribution in [2.75, 3.05) is 38.6 Å². The predicted octanol–water partition coefficient (Wildman–Crippen LogP) is 1.28. The first kappa shape index (κ1) is 16.5. The third-order valence-electron chi connectivity index (χ3n) is 4.21. The summed E-state index contributed by atoms with van der Waals surface area (Å²) in [6, 6.07) is 7.93. The van der Waals surface area contributed by atoms with Gasteiger partial charge < -0.3 is 15.1 Å². The summed E-state index contributed by atoms with van der Waals surface area (Å²) in [4.78, 5) is 28.3. The summed E-state index contributed by atoms with van der Waals surface area (Å²) in [6.07, 6.45) is 1.18. The van der Waals surface area contributed by atoms with Crippen LogP contribution in [-0.4, -0.2) is 50.4 Å². The van der Waals surface area contributed by atoms with Crippen molar-refractivity contribution in [2.24, 2.45) is 5.92 Å². The highest BCUT2D eigenvalue weighted by atomic mass is 16.2. The van der Waals surface area contributed by atoms with Crippen LogP contribution in [0.5, 0.6) is 0 Å². The number of rotatable bonds is 6. The molecule has 1 unspecified atom stereocenters. The monoisotopic (exact) mass is 303 g/mol. The highest BCUT2D eigenvalue weighted by Crippen LogP contribution is 2.29. The summed E-state index contributed by atoms with van der Waals surface area (Å²) in [6.45, 7) is 3.98. The van der Waals surface area contributed by atoms with Crippen molar-refractivity contribution >= 4 is 17.5 Å². The lowest BCUT2D eigenvalue weighted by atomic mass is 10.1. The number of carbonyl (C=O) groups is 2. The van der Waals surface area contributed by atoms with Crippen LogP contribution in [0.3, 0.4) is 0 Å². The third-order valence-corrected chi connectivity index (χ3v) is 4.21. The quantitative estimate of drug-likeness (QED) is 0.861. The van der Waals surface area contributed by atoms with Gasteiger partial charge in [-0.3, -0.25) is 9.59 Å². The smallest absolute Gasteiger partial charge is 0.227 e. The molecule has 2 rings (SSSR count). The second kappa shape index (κ2) is 7.40. The SMILES string of the molecule is CCc1ccccc1N1CC(C(=O)N(C)CCNC)CC1=O. The van der Waals surface area contributed by atoms with Gasteiger partial charge in [-0.1, -0.05) is 25.1 Å². The van der Waals surface area contributed by atoms with E-state index in [2.05, 4.69) is 12.2 Å². The Morgan fingerprint density at radius 3 is 2.82 bits per heavy atom. The molecule has 2 amide bonds. The summed E-state index contributed by atoms with van der Waals surface area (Å²) < 4.78 is 0. The zero-order chi connectivity index (χ0) is 16.1. The van der Waals surface area contributed by atoms with E-state index < -0.39 is 0 Å². The summed E-state index contributed by atoms with van der Waals surface area (Å²) in [5, 5.41) is 3.03. The maximum Gasteiger partial charge on any atom is 0.227 e. The molecular weight excluding hydrogens is 278 g/mol. The van der Waals surface area contributed by atoms with E-state index in [1.54, 1.807) is 16.8 Å². The molecule has 5 heteroatoms. The van der Waals surface area contributed by atoms with Gasteiger partial charge in [0, 0.05) is 38.8 Å². The standard InChI is InChI=1S/C17H25N3O2/c1-4-13-7-5-6-8-15(13)20-12-14(11-16(20)21)17(22)19(3)10-9-18-2/h5-8,14,18H,4,9-12H2,1-3H3. The lowest BCUT2D eigenvalue weighted by Crippen LogP contribution is -2.38. The molecule has 0 radical (unpaired) electrons. The first-order chi connectivity index (χ1) is 10.6. The highest BCUT2D eigenvalue weighted by Gasteiger charge is 2.36. The van der Waals surface area contributed by atoms with Crippen molar-refractivity contribution in [3.63, 3.8) is 0 Å². The minimum absolute atomic E-state index is 0.0428. The summed E-state index contributed by atoms with van der Waals surface area (Å²) in [5.74, 6) is -0.138. The molecule has 1 atom stereocenters. The number of benzene rings is 1. The zero-order valence-electron chi connectivity index (χ0n) is 13.6. The molecule has 0 aliphatic carbocycles. The highest BCUT2D eigenvalue weighted by molar-refractivity contribution is 6.00. The van der Waals surface area contributed by atoms with Crippen LogP contribution in [0.1, 0.15) is 18.9 Å². The summed E-state index contributed by atoms with van der Waals surface area (Å²) >= 11 is 0. The van der Waals surface area contributed by atoms with Crippen LogP contribution < -0.4 is 10.2 Å². The van der Waals surface area contributed by atoms with E-state index in [9.17, 15) is 9.59 Å². The van der Waals surface area contributed by atoms with Crippen molar-refractivity contribution in [3.8, 4) is 0 Å². The van der Waals surface area contributed by atoms with Crippen LogP contribution in [-0.2, 0) is 16.0 Å². The molecule has 1 aliphatic heterocycles. The molecule has 120 valence electrons. The molecule has 5 nitrogen and oxygen atoms in total. The number of carbonyl (C=O) groups excluding carboxylic acids is 2. The Balaban J connectivity index is 2.09. The van der Waals surface area contributed by atoms with Crippen molar-refractivity contribution in [2.45, 2.75) is 19.8 Å². The van der Waals surface area contributed by atoms with Crippen LogP contribution in [0.4, 0.5) is 5.69 Å². The van der Waals surface area contributed by atoms with Gasteiger partial charge in [0.05, 0.1) is 5.92 Å². The van der Waals surface area contributed by atoms with Crippen LogP contribution in [0.2, 0.25) is 0 Å². The molecule has 1 aliphatic rings. The lowest BCUT2D eigenvalue weighted by molar-refractivity contribution is -0.134. The molecule has 1 fully saturated rings. The van der Waals surface area contributed by atoms with Crippen molar-refractivity contribution in [1.29, 1.82) is 0 Å². The van der Waals surface area contributed by atoms with Crippen LogP contribution >= 0.6 is 0 Å². The van der Waals surface area contributed by atoms with Crippen molar-refractivity contribution in [1.82, 2.24) is 10.2 Å². The number of nitrogens with one attached hydrogen (secondary N) is 1. The normalized spacial score (nSPS) is 17.9. The second-order valence-corrected chi connectivity index (χ2v) is 5.75. The van der Waals surface area contributed by atoms with Crippen LogP contribution in [0.25, 0.3) is 0 Å². The lowest BCUT2D eigenvalue weighted by Gasteiger charge is -2.22. The Kier molecular flexibility index (Phi) is 5.55. The molecular formula is C17H25N3O2. The van der Waals surface area contributed by atoms with Gasteiger partial charge >= 0.3 is 0 Å². The number of hydrogen-bond donors (Lipinski definition) is 1. The largest absolute Gasteiger partial charge is 0.344 e. The number of likely N-dealkylation sites (N-methyl/N-ethyl adjacent to an activating group) is 2. The fraction of sp³-hybridized carbons (Fsp3) is 0.529. The Morgan fingerprint density at radius 1 is 1.41 bits per heavy atom. The second-order valence-electron chi connectivity index (χ2n) is 5.75. The maximum atomic E-state index is 12.4. The Labute approximate surface area is 132 Å². The molecule has 1 aromatic rings. The topological polar surface area (TPSA) is 52.7 Å². The third kappa shape index (κ3) is 3.47. The Bertz CT molecular complexity index is 544. The number of nitrogens with zero attached hydrogens (tertiary/aromatic N) is 2. The van der Waals surface area contributed by atoms with Gasteiger partial charge in [-0.25, -0.2) is 0 Å². The van der Waals surface area contributed by atoms with Gasteiger partial charge in [0.15, 0.2) is 0 Å². The van der Waals surface area contributed by atoms with Crippen LogP contribution in [0, 0.1) is 5.92 Å². The van der Waals surface area contributed by atoms with E-state index in [-0.39, 0.29) is 17.7 Å². The number of aryl methyl sites for hydroxylation is 1. The summed E-state index contributed by atoms with van der Waals surface area (Å²) in [5.41, 5.74) is 2.09. The van der Waals surface area contributed by atoms with Crippen molar-refractivity contribution < 1.29 is 9.59 Å². The van der Waals surface area contributed by atoms with Gasteiger partial charge in [-0.15, -0.1) is 0 Å². The Morgan fingerprint density at radius 2 is 2.14 bits per heavy atom. The first-order valence-corrected chi connectivity index (χ1v) is 7.86. The average molecular weight is 303 g/mol. The fourth-order valence-corrected chi connectivity index (χ4v) is 2.88. The minimum Gasteiger partial charge on any atom is -0.344 e. The maximum absolute atomic E-state index is 12.4. The molecule has 22 heavy (non-hydrogen) atoms. The number of amides is 2. The molecule has 1 N–H and O–H groups in total. The van der Waals surface area contributed by atoms with Gasteiger partial charge in [0.2, 0.25) is 11.8 Å². The van der Waals surface area contributed by atoms with E-state index >= 15 is 0 Å². The van der Waals surface area contributed by atoms with Crippen LogP contribution in [0.15, 0.2) is 24.3 Å². The van der Waals surface area contributed by atoms with Crippen molar-refractivity contribution in [3.05, 3.63) is 29.8 Å². The molecule has 1 heterocycles. The van der Waals surface area contributed by atoms with Gasteiger partial charge in [-0.2, -0.15) is 0 Å². The Hall–Kier alpha value is -1.88. The van der Waals surface area contributed by atoms with Gasteiger partial charge in [0.1, 0.15) is 0 Å². The molecule has 0 bridgehead atoms.